The first-order valence-electron chi connectivity index (χ1n) is 3.46. The van der Waals surface area contributed by atoms with Crippen LogP contribution in [0.5, 0.6) is 0 Å². The lowest BCUT2D eigenvalue weighted by molar-refractivity contribution is -0.140. The molecule has 0 bridgehead atoms. The van der Waals surface area contributed by atoms with Crippen molar-refractivity contribution < 1.29 is 9.16 Å². The summed E-state index contributed by atoms with van der Waals surface area (Å²) in [5, 5.41) is 0. The van der Waals surface area contributed by atoms with Gasteiger partial charge in [-0.3, -0.25) is 0 Å². The maximum Gasteiger partial charge on any atom is 0.149 e. The zero-order chi connectivity index (χ0) is 6.74. The highest BCUT2D eigenvalue weighted by molar-refractivity contribution is 6.15. The predicted molar refractivity (Wildman–Crippen MR) is 43.5 cm³/mol. The van der Waals surface area contributed by atoms with Gasteiger partial charge in [0.2, 0.25) is 0 Å². The Morgan fingerprint density at radius 1 is 1.44 bits per heavy atom. The quantitative estimate of drug-likeness (QED) is 0.437. The van der Waals surface area contributed by atoms with Gasteiger partial charge >= 0.3 is 0 Å². The second-order valence-corrected chi connectivity index (χ2v) is 4.58. The van der Waals surface area contributed by atoms with E-state index in [0.717, 1.165) is 33.8 Å². The maximum atomic E-state index is 5.49. The molecule has 1 fully saturated rings. The molecule has 1 atom stereocenters. The van der Waals surface area contributed by atoms with Gasteiger partial charge in [-0.25, -0.2) is 0 Å². The van der Waals surface area contributed by atoms with E-state index < -0.39 is 0 Å². The lowest BCUT2D eigenvalue weighted by atomic mass is 10.2. The van der Waals surface area contributed by atoms with E-state index in [-0.39, 0.29) is 5.41 Å². The van der Waals surface area contributed by atoms with Crippen LogP contribution in [0.25, 0.3) is 0 Å². The zero-order valence-corrected chi connectivity index (χ0v) is 10.1. The average molecular weight is 162 g/mol. The van der Waals surface area contributed by atoms with Crippen LogP contribution >= 0.6 is 0 Å². The fraction of sp³-hybridized carbons (Fsp3) is 1.00. The summed E-state index contributed by atoms with van der Waals surface area (Å²) in [4.78, 5) is 0. The molecule has 4 heteroatoms. The SMILES string of the molecule is [SiH3]OC1([SiH3])CCCCO1. The molecule has 0 N–H and O–H groups in total. The molecule has 1 unspecified atom stereocenters. The van der Waals surface area contributed by atoms with Gasteiger partial charge in [0.25, 0.3) is 0 Å². The molecule has 1 rings (SSSR count). The fourth-order valence-corrected chi connectivity index (χ4v) is 1.95. The van der Waals surface area contributed by atoms with Crippen molar-refractivity contribution in [3.05, 3.63) is 0 Å². The first kappa shape index (κ1) is 7.46. The Bertz CT molecular complexity index is 91.0. The topological polar surface area (TPSA) is 18.5 Å². The van der Waals surface area contributed by atoms with Gasteiger partial charge in [0.1, 0.15) is 15.9 Å². The van der Waals surface area contributed by atoms with Crippen molar-refractivity contribution in [3.8, 4) is 0 Å². The highest BCUT2D eigenvalue weighted by Crippen LogP contribution is 2.21. The van der Waals surface area contributed by atoms with E-state index in [2.05, 4.69) is 0 Å². The first-order valence-corrected chi connectivity index (χ1v) is 5.28. The molecule has 9 heavy (non-hydrogen) atoms. The lowest BCUT2D eigenvalue weighted by Gasteiger charge is -2.33. The van der Waals surface area contributed by atoms with Gasteiger partial charge < -0.3 is 9.16 Å². The van der Waals surface area contributed by atoms with Gasteiger partial charge in [0.05, 0.1) is 10.2 Å². The molecule has 0 radical (unpaired) electrons. The standard InChI is InChI=1S/C5H14O2Si2/c8-5(7-9)3-1-2-4-6-5/h1-4H2,8-9H3. The Morgan fingerprint density at radius 2 is 2.22 bits per heavy atom. The van der Waals surface area contributed by atoms with Crippen LogP contribution in [0.2, 0.25) is 0 Å². The van der Waals surface area contributed by atoms with Crippen LogP contribution in [0.3, 0.4) is 0 Å². The molecule has 2 nitrogen and oxygen atoms in total. The number of rotatable bonds is 1. The summed E-state index contributed by atoms with van der Waals surface area (Å²) >= 11 is 0. The molecule has 1 aliphatic rings. The largest absolute Gasteiger partial charge is 0.405 e. The Kier molecular flexibility index (Phi) is 2.45. The van der Waals surface area contributed by atoms with Gasteiger partial charge in [0.15, 0.2) is 0 Å². The third-order valence-corrected chi connectivity index (χ3v) is 4.74. The second-order valence-electron chi connectivity index (χ2n) is 2.64. The molecule has 0 aromatic carbocycles. The van der Waals surface area contributed by atoms with E-state index in [1.54, 1.807) is 0 Å². The Morgan fingerprint density at radius 3 is 2.56 bits per heavy atom. The molecular formula is C5H14O2Si2. The Labute approximate surface area is 61.9 Å². The van der Waals surface area contributed by atoms with Gasteiger partial charge in [-0.05, 0) is 19.3 Å². The van der Waals surface area contributed by atoms with E-state index in [0.29, 0.717) is 0 Å². The molecule has 0 aromatic heterocycles. The second kappa shape index (κ2) is 2.96. The lowest BCUT2D eigenvalue weighted by Crippen LogP contribution is -2.38. The van der Waals surface area contributed by atoms with Crippen LogP contribution in [-0.4, -0.2) is 32.7 Å². The molecule has 54 valence electrons. The van der Waals surface area contributed by atoms with Gasteiger partial charge in [-0.1, -0.05) is 0 Å². The number of hydrogen-bond acceptors (Lipinski definition) is 2. The molecule has 0 saturated carbocycles. The molecular weight excluding hydrogens is 148 g/mol. The van der Waals surface area contributed by atoms with Gasteiger partial charge in [-0.2, -0.15) is 0 Å². The van der Waals surface area contributed by atoms with Crippen molar-refractivity contribution in [2.75, 3.05) is 6.61 Å². The summed E-state index contributed by atoms with van der Waals surface area (Å²) in [6.45, 7) is 0.908. The fourth-order valence-electron chi connectivity index (χ4n) is 1.07. The maximum absolute atomic E-state index is 5.49. The van der Waals surface area contributed by atoms with Crippen molar-refractivity contribution in [1.82, 2.24) is 0 Å². The highest BCUT2D eigenvalue weighted by Gasteiger charge is 2.25. The van der Waals surface area contributed by atoms with E-state index in [1.807, 2.05) is 0 Å². The van der Waals surface area contributed by atoms with Crippen LogP contribution in [-0.2, 0) is 9.16 Å². The summed E-state index contributed by atoms with van der Waals surface area (Å²) < 4.78 is 10.8. The molecule has 1 saturated heterocycles. The summed E-state index contributed by atoms with van der Waals surface area (Å²) in [7, 11) is 1.84. The van der Waals surface area contributed by atoms with Crippen molar-refractivity contribution in [2.24, 2.45) is 0 Å². The van der Waals surface area contributed by atoms with E-state index >= 15 is 0 Å². The smallest absolute Gasteiger partial charge is 0.149 e. The van der Waals surface area contributed by atoms with Crippen LogP contribution in [0.15, 0.2) is 0 Å². The minimum absolute atomic E-state index is 0.0789. The van der Waals surface area contributed by atoms with Crippen molar-refractivity contribution >= 4 is 20.7 Å². The Balaban J connectivity index is 2.37. The average Bonchev–Trinajstić information content (AvgIpc) is 1.90. The van der Waals surface area contributed by atoms with E-state index in [9.17, 15) is 0 Å². The van der Waals surface area contributed by atoms with E-state index in [4.69, 9.17) is 9.16 Å². The number of hydrogen-bond donors (Lipinski definition) is 0. The third kappa shape index (κ3) is 1.89. The highest BCUT2D eigenvalue weighted by atomic mass is 28.2. The van der Waals surface area contributed by atoms with E-state index in [1.165, 1.54) is 12.8 Å². The Hall–Kier alpha value is 0.354. The summed E-state index contributed by atoms with van der Waals surface area (Å²) in [6.07, 6.45) is 3.63. The van der Waals surface area contributed by atoms with Crippen LogP contribution < -0.4 is 0 Å². The van der Waals surface area contributed by atoms with Gasteiger partial charge in [0, 0.05) is 6.61 Å². The van der Waals surface area contributed by atoms with Gasteiger partial charge in [-0.15, -0.1) is 0 Å². The third-order valence-electron chi connectivity index (χ3n) is 1.86. The number of ether oxygens (including phenoxy) is 1. The van der Waals surface area contributed by atoms with Crippen LogP contribution in [0.4, 0.5) is 0 Å². The van der Waals surface area contributed by atoms with Crippen LogP contribution in [0, 0.1) is 0 Å². The summed E-state index contributed by atoms with van der Waals surface area (Å²) in [6, 6.07) is 0. The van der Waals surface area contributed by atoms with Crippen molar-refractivity contribution in [1.29, 1.82) is 0 Å². The first-order chi connectivity index (χ1) is 4.27. The predicted octanol–water partition coefficient (Wildman–Crippen LogP) is -1.50. The molecule has 1 heterocycles. The normalized spacial score (nSPS) is 37.3. The van der Waals surface area contributed by atoms with Crippen molar-refractivity contribution in [2.45, 2.75) is 24.7 Å². The van der Waals surface area contributed by atoms with Crippen LogP contribution in [0.1, 0.15) is 19.3 Å². The minimum Gasteiger partial charge on any atom is -0.405 e. The summed E-state index contributed by atoms with van der Waals surface area (Å²) in [5.41, 5.74) is -0.0789. The molecule has 0 aromatic rings. The minimum atomic E-state index is -0.0789. The molecule has 0 spiro atoms. The zero-order valence-electron chi connectivity index (χ0n) is 6.14. The van der Waals surface area contributed by atoms with Crippen molar-refractivity contribution in [3.63, 3.8) is 0 Å². The molecule has 0 aliphatic carbocycles. The summed E-state index contributed by atoms with van der Waals surface area (Å²) in [5.74, 6) is 0. The monoisotopic (exact) mass is 162 g/mol. The molecule has 0 amide bonds. The molecule has 1 aliphatic heterocycles.